The summed E-state index contributed by atoms with van der Waals surface area (Å²) in [5.74, 6) is 0.693. The van der Waals surface area contributed by atoms with Crippen LogP contribution in [0.25, 0.3) is 5.69 Å². The molecule has 1 aromatic heterocycles. The van der Waals surface area contributed by atoms with Gasteiger partial charge in [-0.25, -0.2) is 4.68 Å². The molecule has 1 aromatic carbocycles. The van der Waals surface area contributed by atoms with Crippen LogP contribution in [0.5, 0.6) is 0 Å². The van der Waals surface area contributed by atoms with Crippen LogP contribution in [-0.4, -0.2) is 47.3 Å². The van der Waals surface area contributed by atoms with Crippen molar-refractivity contribution in [2.45, 2.75) is 19.3 Å². The Morgan fingerprint density at radius 3 is 2.74 bits per heavy atom. The number of hydrogen-bond acceptors (Lipinski definition) is 3. The highest BCUT2D eigenvalue weighted by molar-refractivity contribution is 5.78. The first kappa shape index (κ1) is 15.7. The number of carbonyl (C=O) groups excluding carboxylic acids is 1. The molecular formula is C18H24N4O. The largest absolute Gasteiger partial charge is 0.356 e. The predicted molar refractivity (Wildman–Crippen MR) is 90.5 cm³/mol. The van der Waals surface area contributed by atoms with E-state index >= 15 is 0 Å². The second-order valence-electron chi connectivity index (χ2n) is 6.36. The van der Waals surface area contributed by atoms with E-state index in [9.17, 15) is 4.79 Å². The van der Waals surface area contributed by atoms with E-state index in [1.165, 1.54) is 12.8 Å². The fourth-order valence-corrected chi connectivity index (χ4v) is 2.95. The van der Waals surface area contributed by atoms with Gasteiger partial charge >= 0.3 is 0 Å². The zero-order valence-electron chi connectivity index (χ0n) is 13.6. The second-order valence-corrected chi connectivity index (χ2v) is 6.36. The van der Waals surface area contributed by atoms with Gasteiger partial charge in [0, 0.05) is 12.7 Å². The molecule has 0 spiro atoms. The average molecular weight is 312 g/mol. The highest BCUT2D eigenvalue weighted by atomic mass is 16.1. The van der Waals surface area contributed by atoms with Crippen molar-refractivity contribution >= 4 is 5.91 Å². The van der Waals surface area contributed by atoms with E-state index in [1.54, 1.807) is 10.9 Å². The normalized spacial score (nSPS) is 16.4. The van der Waals surface area contributed by atoms with Crippen molar-refractivity contribution in [3.63, 3.8) is 0 Å². The average Bonchev–Trinajstić information content (AvgIpc) is 3.04. The lowest BCUT2D eigenvalue weighted by Gasteiger charge is -2.28. The maximum absolute atomic E-state index is 12.1. The monoisotopic (exact) mass is 312 g/mol. The molecule has 1 N–H and O–H groups in total. The van der Waals surface area contributed by atoms with Crippen molar-refractivity contribution in [2.75, 3.05) is 26.7 Å². The van der Waals surface area contributed by atoms with Gasteiger partial charge in [0.15, 0.2) is 0 Å². The first-order valence-corrected chi connectivity index (χ1v) is 8.25. The quantitative estimate of drug-likeness (QED) is 0.917. The Bertz CT molecular complexity index is 629. The summed E-state index contributed by atoms with van der Waals surface area (Å²) in [5, 5.41) is 7.40. The molecule has 23 heavy (non-hydrogen) atoms. The van der Waals surface area contributed by atoms with Gasteiger partial charge in [0.1, 0.15) is 0 Å². The number of amides is 1. The number of hydrogen-bond donors (Lipinski definition) is 1. The van der Waals surface area contributed by atoms with Crippen molar-refractivity contribution in [3.8, 4) is 5.69 Å². The standard InChI is InChI=1S/C18H24N4O/c1-21-9-7-15(8-10-21)12-19-18(23)11-16-13-20-22(14-16)17-5-3-2-4-6-17/h2-6,13-15H,7-12H2,1H3,(H,19,23). The second kappa shape index (κ2) is 7.42. The summed E-state index contributed by atoms with van der Waals surface area (Å²) in [6, 6.07) is 9.92. The molecule has 5 nitrogen and oxygen atoms in total. The maximum Gasteiger partial charge on any atom is 0.224 e. The van der Waals surface area contributed by atoms with Crippen LogP contribution >= 0.6 is 0 Å². The molecule has 1 aliphatic rings. The molecule has 3 rings (SSSR count). The Balaban J connectivity index is 1.48. The minimum Gasteiger partial charge on any atom is -0.356 e. The van der Waals surface area contributed by atoms with Crippen molar-refractivity contribution in [2.24, 2.45) is 5.92 Å². The van der Waals surface area contributed by atoms with Crippen LogP contribution in [0, 0.1) is 5.92 Å². The summed E-state index contributed by atoms with van der Waals surface area (Å²) in [6.45, 7) is 3.05. The minimum absolute atomic E-state index is 0.0801. The van der Waals surface area contributed by atoms with Crippen molar-refractivity contribution in [1.82, 2.24) is 20.0 Å². The molecule has 1 amide bonds. The Morgan fingerprint density at radius 1 is 1.26 bits per heavy atom. The molecule has 5 heteroatoms. The number of aromatic nitrogens is 2. The molecule has 122 valence electrons. The lowest BCUT2D eigenvalue weighted by molar-refractivity contribution is -0.120. The van der Waals surface area contributed by atoms with Gasteiger partial charge in [0.25, 0.3) is 0 Å². The van der Waals surface area contributed by atoms with Gasteiger partial charge in [-0.3, -0.25) is 4.79 Å². The van der Waals surface area contributed by atoms with Crippen LogP contribution in [0.2, 0.25) is 0 Å². The number of benzene rings is 1. The van der Waals surface area contributed by atoms with Crippen LogP contribution in [0.3, 0.4) is 0 Å². The fourth-order valence-electron chi connectivity index (χ4n) is 2.95. The summed E-state index contributed by atoms with van der Waals surface area (Å²) in [7, 11) is 2.15. The number of nitrogens with one attached hydrogen (secondary N) is 1. The van der Waals surface area contributed by atoms with E-state index < -0.39 is 0 Å². The molecule has 0 unspecified atom stereocenters. The number of nitrogens with zero attached hydrogens (tertiary/aromatic N) is 3. The van der Waals surface area contributed by atoms with Crippen LogP contribution < -0.4 is 5.32 Å². The molecule has 2 heterocycles. The molecule has 0 saturated carbocycles. The van der Waals surface area contributed by atoms with E-state index in [2.05, 4.69) is 22.4 Å². The molecule has 0 radical (unpaired) electrons. The Morgan fingerprint density at radius 2 is 2.00 bits per heavy atom. The predicted octanol–water partition coefficient (Wildman–Crippen LogP) is 1.87. The number of rotatable bonds is 5. The summed E-state index contributed by atoms with van der Waals surface area (Å²) in [5.41, 5.74) is 1.94. The minimum atomic E-state index is 0.0801. The fraction of sp³-hybridized carbons (Fsp3) is 0.444. The van der Waals surface area contributed by atoms with Gasteiger partial charge in [-0.1, -0.05) is 18.2 Å². The van der Waals surface area contributed by atoms with Crippen molar-refractivity contribution < 1.29 is 4.79 Å². The number of carbonyl (C=O) groups is 1. The Hall–Kier alpha value is -2.14. The Kier molecular flexibility index (Phi) is 5.08. The summed E-state index contributed by atoms with van der Waals surface area (Å²) in [6.07, 6.45) is 6.41. The summed E-state index contributed by atoms with van der Waals surface area (Å²) >= 11 is 0. The molecule has 2 aromatic rings. The van der Waals surface area contributed by atoms with E-state index in [4.69, 9.17) is 0 Å². The molecule has 0 aliphatic carbocycles. The van der Waals surface area contributed by atoms with E-state index in [0.717, 1.165) is 30.9 Å². The maximum atomic E-state index is 12.1. The third-order valence-electron chi connectivity index (χ3n) is 4.45. The lowest BCUT2D eigenvalue weighted by Crippen LogP contribution is -2.37. The van der Waals surface area contributed by atoms with Crippen LogP contribution in [-0.2, 0) is 11.2 Å². The third kappa shape index (κ3) is 4.42. The first-order valence-electron chi connectivity index (χ1n) is 8.25. The highest BCUT2D eigenvalue weighted by Crippen LogP contribution is 2.14. The van der Waals surface area contributed by atoms with Gasteiger partial charge in [0.05, 0.1) is 18.3 Å². The molecular weight excluding hydrogens is 288 g/mol. The highest BCUT2D eigenvalue weighted by Gasteiger charge is 2.17. The van der Waals surface area contributed by atoms with Crippen molar-refractivity contribution in [1.29, 1.82) is 0 Å². The molecule has 0 atom stereocenters. The lowest BCUT2D eigenvalue weighted by atomic mass is 9.97. The van der Waals surface area contributed by atoms with Gasteiger partial charge in [0.2, 0.25) is 5.91 Å². The van der Waals surface area contributed by atoms with Gasteiger partial charge in [-0.2, -0.15) is 5.10 Å². The molecule has 1 aliphatic heterocycles. The first-order chi connectivity index (χ1) is 11.2. The zero-order chi connectivity index (χ0) is 16.1. The zero-order valence-corrected chi connectivity index (χ0v) is 13.6. The molecule has 1 saturated heterocycles. The number of para-hydroxylation sites is 1. The Labute approximate surface area is 137 Å². The van der Waals surface area contributed by atoms with Crippen molar-refractivity contribution in [3.05, 3.63) is 48.3 Å². The topological polar surface area (TPSA) is 50.2 Å². The summed E-state index contributed by atoms with van der Waals surface area (Å²) < 4.78 is 1.81. The van der Waals surface area contributed by atoms with E-state index in [-0.39, 0.29) is 5.91 Å². The van der Waals surface area contributed by atoms with E-state index in [0.29, 0.717) is 12.3 Å². The van der Waals surface area contributed by atoms with Gasteiger partial charge in [-0.05, 0) is 56.6 Å². The van der Waals surface area contributed by atoms with Gasteiger partial charge < -0.3 is 10.2 Å². The number of piperidine rings is 1. The summed E-state index contributed by atoms with van der Waals surface area (Å²) in [4.78, 5) is 14.5. The van der Waals surface area contributed by atoms with Crippen LogP contribution in [0.4, 0.5) is 0 Å². The smallest absolute Gasteiger partial charge is 0.224 e. The van der Waals surface area contributed by atoms with E-state index in [1.807, 2.05) is 36.5 Å². The van der Waals surface area contributed by atoms with Gasteiger partial charge in [-0.15, -0.1) is 0 Å². The van der Waals surface area contributed by atoms with Crippen LogP contribution in [0.15, 0.2) is 42.7 Å². The van der Waals surface area contributed by atoms with Crippen LogP contribution in [0.1, 0.15) is 18.4 Å². The SMILES string of the molecule is CN1CCC(CNC(=O)Cc2cnn(-c3ccccc3)c2)CC1. The molecule has 0 bridgehead atoms. The molecule has 1 fully saturated rings. The third-order valence-corrected chi connectivity index (χ3v) is 4.45. The number of likely N-dealkylation sites (tertiary alicyclic amines) is 1.